The summed E-state index contributed by atoms with van der Waals surface area (Å²) in [4.78, 5) is 24.4. The molecule has 2 aromatic carbocycles. The van der Waals surface area contributed by atoms with E-state index in [1.54, 1.807) is 24.3 Å². The number of aromatic amines is 1. The number of nitrogens with one attached hydrogen (secondary N) is 2. The van der Waals surface area contributed by atoms with Crippen molar-refractivity contribution in [2.24, 2.45) is 5.10 Å². The van der Waals surface area contributed by atoms with Crippen LogP contribution in [0.4, 0.5) is 0 Å². The first-order valence-electron chi connectivity index (χ1n) is 8.59. The van der Waals surface area contributed by atoms with Crippen molar-refractivity contribution >= 4 is 22.4 Å². The smallest absolute Gasteiger partial charge is 0.267 e. The molecule has 0 fully saturated rings. The van der Waals surface area contributed by atoms with Crippen LogP contribution in [-0.4, -0.2) is 21.8 Å². The minimum atomic E-state index is -0.443. The molecule has 1 atom stereocenters. The van der Waals surface area contributed by atoms with Crippen LogP contribution in [0.15, 0.2) is 58.4 Å². The zero-order chi connectivity index (χ0) is 18.1. The van der Waals surface area contributed by atoms with Gasteiger partial charge in [0, 0.05) is 10.9 Å². The molecule has 0 aliphatic heterocycles. The van der Waals surface area contributed by atoms with Gasteiger partial charge in [0.15, 0.2) is 5.69 Å². The minimum Gasteiger partial charge on any atom is -0.267 e. The fourth-order valence-corrected chi connectivity index (χ4v) is 3.41. The predicted molar refractivity (Wildman–Crippen MR) is 100 cm³/mol. The highest BCUT2D eigenvalue weighted by Gasteiger charge is 2.21. The Morgan fingerprint density at radius 3 is 2.73 bits per heavy atom. The molecule has 3 aromatic rings. The molecule has 0 bridgehead atoms. The van der Waals surface area contributed by atoms with E-state index in [4.69, 9.17) is 0 Å². The van der Waals surface area contributed by atoms with Gasteiger partial charge in [-0.05, 0) is 30.4 Å². The standard InChI is InChI=1S/C20H18N4O2/c1-12-10-11-17(14-7-3-2-6-13(12)14)21-24-20(26)18-15-8-4-5-9-16(15)19(25)23-22-18/h2-9,12H,10-11H2,1H3,(H,23,25)(H,24,26)/b21-17+. The van der Waals surface area contributed by atoms with Gasteiger partial charge in [-0.1, -0.05) is 49.4 Å². The molecule has 2 N–H and O–H groups in total. The van der Waals surface area contributed by atoms with Crippen molar-refractivity contribution in [1.82, 2.24) is 15.6 Å². The molecule has 1 aliphatic rings. The van der Waals surface area contributed by atoms with Crippen molar-refractivity contribution in [1.29, 1.82) is 0 Å². The number of hydrogen-bond acceptors (Lipinski definition) is 4. The first-order chi connectivity index (χ1) is 12.6. The van der Waals surface area contributed by atoms with Crippen molar-refractivity contribution in [3.8, 4) is 0 Å². The van der Waals surface area contributed by atoms with E-state index in [2.05, 4.69) is 33.7 Å². The van der Waals surface area contributed by atoms with Crippen LogP contribution in [0, 0.1) is 0 Å². The Morgan fingerprint density at radius 1 is 1.15 bits per heavy atom. The predicted octanol–water partition coefficient (Wildman–Crippen LogP) is 2.95. The summed E-state index contributed by atoms with van der Waals surface area (Å²) in [6, 6.07) is 15.0. The van der Waals surface area contributed by atoms with E-state index in [1.165, 1.54) is 5.56 Å². The van der Waals surface area contributed by atoms with E-state index in [0.717, 1.165) is 24.1 Å². The second-order valence-electron chi connectivity index (χ2n) is 6.47. The molecule has 1 aliphatic carbocycles. The Bertz CT molecular complexity index is 1080. The fourth-order valence-electron chi connectivity index (χ4n) is 3.41. The third kappa shape index (κ3) is 2.79. The van der Waals surface area contributed by atoms with Crippen LogP contribution in [0.1, 0.15) is 47.3 Å². The van der Waals surface area contributed by atoms with Gasteiger partial charge in [-0.3, -0.25) is 9.59 Å². The van der Waals surface area contributed by atoms with Gasteiger partial charge in [0.25, 0.3) is 11.5 Å². The second kappa shape index (κ2) is 6.55. The van der Waals surface area contributed by atoms with Crippen LogP contribution in [-0.2, 0) is 0 Å². The molecule has 26 heavy (non-hydrogen) atoms. The van der Waals surface area contributed by atoms with Gasteiger partial charge in [-0.25, -0.2) is 10.5 Å². The number of fused-ring (bicyclic) bond motifs is 2. The molecular formula is C20H18N4O2. The van der Waals surface area contributed by atoms with E-state index in [-0.39, 0.29) is 11.3 Å². The molecule has 1 amide bonds. The molecule has 0 radical (unpaired) electrons. The number of carbonyl (C=O) groups is 1. The highest BCUT2D eigenvalue weighted by Crippen LogP contribution is 2.31. The van der Waals surface area contributed by atoms with Gasteiger partial charge in [0.1, 0.15) is 0 Å². The molecule has 4 rings (SSSR count). The molecule has 1 aromatic heterocycles. The quantitative estimate of drug-likeness (QED) is 0.699. The second-order valence-corrected chi connectivity index (χ2v) is 6.47. The van der Waals surface area contributed by atoms with Crippen LogP contribution < -0.4 is 11.0 Å². The van der Waals surface area contributed by atoms with Gasteiger partial charge >= 0.3 is 0 Å². The van der Waals surface area contributed by atoms with Crippen molar-refractivity contribution in [2.75, 3.05) is 0 Å². The van der Waals surface area contributed by atoms with E-state index in [0.29, 0.717) is 16.7 Å². The zero-order valence-electron chi connectivity index (χ0n) is 14.3. The van der Waals surface area contributed by atoms with Gasteiger partial charge in [-0.2, -0.15) is 10.2 Å². The number of hydrazone groups is 1. The van der Waals surface area contributed by atoms with Crippen molar-refractivity contribution < 1.29 is 4.79 Å². The molecule has 1 heterocycles. The number of rotatable bonds is 2. The molecular weight excluding hydrogens is 328 g/mol. The number of aromatic nitrogens is 2. The Kier molecular flexibility index (Phi) is 4.08. The first kappa shape index (κ1) is 16.2. The SMILES string of the molecule is CC1CC/C(=N\NC(=O)c2n[nH]c(=O)c3ccccc23)c2ccccc21. The summed E-state index contributed by atoms with van der Waals surface area (Å²) >= 11 is 0. The lowest BCUT2D eigenvalue weighted by atomic mass is 9.83. The maximum absolute atomic E-state index is 12.6. The van der Waals surface area contributed by atoms with Gasteiger partial charge in [0.05, 0.1) is 11.1 Å². The Labute approximate surface area is 150 Å². The van der Waals surface area contributed by atoms with E-state index < -0.39 is 5.91 Å². The molecule has 130 valence electrons. The molecule has 0 saturated carbocycles. The first-order valence-corrected chi connectivity index (χ1v) is 8.59. The Balaban J connectivity index is 1.66. The van der Waals surface area contributed by atoms with Crippen LogP contribution in [0.3, 0.4) is 0 Å². The number of nitrogens with zero attached hydrogens (tertiary/aromatic N) is 2. The third-order valence-corrected chi connectivity index (χ3v) is 4.82. The lowest BCUT2D eigenvalue weighted by Gasteiger charge is -2.23. The van der Waals surface area contributed by atoms with Gasteiger partial charge in [0.2, 0.25) is 0 Å². The van der Waals surface area contributed by atoms with Crippen molar-refractivity contribution in [3.05, 3.63) is 75.7 Å². The topological polar surface area (TPSA) is 87.2 Å². The number of carbonyl (C=O) groups excluding carboxylic acids is 1. The van der Waals surface area contributed by atoms with Crippen LogP contribution >= 0.6 is 0 Å². The largest absolute Gasteiger partial charge is 0.292 e. The Morgan fingerprint density at radius 2 is 1.88 bits per heavy atom. The van der Waals surface area contributed by atoms with Crippen molar-refractivity contribution in [3.63, 3.8) is 0 Å². The Hall–Kier alpha value is -3.28. The van der Waals surface area contributed by atoms with E-state index in [1.807, 2.05) is 18.2 Å². The van der Waals surface area contributed by atoms with Gasteiger partial charge < -0.3 is 0 Å². The van der Waals surface area contributed by atoms with E-state index >= 15 is 0 Å². The van der Waals surface area contributed by atoms with Crippen LogP contribution in [0.5, 0.6) is 0 Å². The van der Waals surface area contributed by atoms with Gasteiger partial charge in [-0.15, -0.1) is 0 Å². The van der Waals surface area contributed by atoms with E-state index in [9.17, 15) is 9.59 Å². The summed E-state index contributed by atoms with van der Waals surface area (Å²) in [5.41, 5.74) is 5.62. The minimum absolute atomic E-state index is 0.155. The molecule has 0 spiro atoms. The highest BCUT2D eigenvalue weighted by atomic mass is 16.2. The maximum atomic E-state index is 12.6. The molecule has 6 heteroatoms. The summed E-state index contributed by atoms with van der Waals surface area (Å²) in [6.07, 6.45) is 1.80. The zero-order valence-corrected chi connectivity index (χ0v) is 14.3. The summed E-state index contributed by atoms with van der Waals surface area (Å²) in [5, 5.41) is 11.6. The fraction of sp³-hybridized carbons (Fsp3) is 0.200. The highest BCUT2D eigenvalue weighted by molar-refractivity contribution is 6.07. The number of H-pyrrole nitrogens is 1. The van der Waals surface area contributed by atoms with Crippen LogP contribution in [0.2, 0.25) is 0 Å². The third-order valence-electron chi connectivity index (χ3n) is 4.82. The summed E-state index contributed by atoms with van der Waals surface area (Å²) < 4.78 is 0. The summed E-state index contributed by atoms with van der Waals surface area (Å²) in [6.45, 7) is 2.20. The lowest BCUT2D eigenvalue weighted by Crippen LogP contribution is -2.25. The van der Waals surface area contributed by atoms with Crippen LogP contribution in [0.25, 0.3) is 10.8 Å². The molecule has 6 nitrogen and oxygen atoms in total. The maximum Gasteiger partial charge on any atom is 0.292 e. The number of hydrogen-bond donors (Lipinski definition) is 2. The summed E-state index contributed by atoms with van der Waals surface area (Å²) in [5.74, 6) is 0.0340. The summed E-state index contributed by atoms with van der Waals surface area (Å²) in [7, 11) is 0. The average Bonchev–Trinajstić information content (AvgIpc) is 2.68. The average molecular weight is 346 g/mol. The molecule has 1 unspecified atom stereocenters. The number of benzene rings is 2. The molecule has 0 saturated heterocycles. The monoisotopic (exact) mass is 346 g/mol. The normalized spacial score (nSPS) is 17.9. The lowest BCUT2D eigenvalue weighted by molar-refractivity contribution is 0.0950. The number of amides is 1. The van der Waals surface area contributed by atoms with Crippen molar-refractivity contribution in [2.45, 2.75) is 25.7 Å².